The summed E-state index contributed by atoms with van der Waals surface area (Å²) in [4.78, 5) is 0.173. The molecule has 0 aromatic heterocycles. The highest BCUT2D eigenvalue weighted by molar-refractivity contribution is 7.89. The zero-order valence-electron chi connectivity index (χ0n) is 14.3. The molecule has 136 valence electrons. The molecule has 0 radical (unpaired) electrons. The van der Waals surface area contributed by atoms with E-state index in [1.807, 2.05) is 13.8 Å². The minimum absolute atomic E-state index is 0.153. The first kappa shape index (κ1) is 19.3. The number of rotatable bonds is 6. The molecule has 0 amide bonds. The van der Waals surface area contributed by atoms with Crippen molar-refractivity contribution in [1.29, 1.82) is 0 Å². The van der Waals surface area contributed by atoms with Crippen molar-refractivity contribution >= 4 is 20.0 Å². The van der Waals surface area contributed by atoms with Gasteiger partial charge in [0.15, 0.2) is 0 Å². The van der Waals surface area contributed by atoms with E-state index in [0.717, 1.165) is 15.4 Å². The first-order valence-electron chi connectivity index (χ1n) is 7.60. The molecule has 1 fully saturated rings. The molecule has 2 rings (SSSR count). The molecule has 24 heavy (non-hydrogen) atoms. The van der Waals surface area contributed by atoms with Crippen LogP contribution < -0.4 is 4.72 Å². The van der Waals surface area contributed by atoms with E-state index in [9.17, 15) is 16.8 Å². The van der Waals surface area contributed by atoms with E-state index >= 15 is 0 Å². The third kappa shape index (κ3) is 4.34. The van der Waals surface area contributed by atoms with E-state index in [1.165, 1.54) is 14.1 Å². The third-order valence-corrected chi connectivity index (χ3v) is 7.72. The lowest BCUT2D eigenvalue weighted by Gasteiger charge is -2.21. The van der Waals surface area contributed by atoms with Gasteiger partial charge in [-0.05, 0) is 37.1 Å². The monoisotopic (exact) mass is 376 g/mol. The van der Waals surface area contributed by atoms with Gasteiger partial charge in [-0.3, -0.25) is 0 Å². The molecule has 0 unspecified atom stereocenters. The maximum Gasteiger partial charge on any atom is 0.240 e. The van der Waals surface area contributed by atoms with Gasteiger partial charge in [0.25, 0.3) is 0 Å². The number of nitrogens with zero attached hydrogens (tertiary/aromatic N) is 1. The predicted molar refractivity (Wildman–Crippen MR) is 91.8 cm³/mol. The van der Waals surface area contributed by atoms with Gasteiger partial charge in [-0.15, -0.1) is 0 Å². The lowest BCUT2D eigenvalue weighted by Crippen LogP contribution is -2.43. The van der Waals surface area contributed by atoms with Crippen LogP contribution in [0.2, 0.25) is 0 Å². The number of sulfonamides is 2. The lowest BCUT2D eigenvalue weighted by molar-refractivity contribution is 0.185. The van der Waals surface area contributed by atoms with Crippen molar-refractivity contribution in [3.8, 4) is 0 Å². The fraction of sp³-hybridized carbons (Fsp3) is 0.600. The van der Waals surface area contributed by atoms with Crippen LogP contribution in [0.3, 0.4) is 0 Å². The maximum atomic E-state index is 12.6. The zero-order valence-corrected chi connectivity index (χ0v) is 15.9. The van der Waals surface area contributed by atoms with Crippen LogP contribution in [0.1, 0.15) is 11.1 Å². The summed E-state index contributed by atoms with van der Waals surface area (Å²) in [5.41, 5.74) is 1.89. The summed E-state index contributed by atoms with van der Waals surface area (Å²) in [7, 11) is -4.24. The second-order valence-corrected chi connectivity index (χ2v) is 10.3. The van der Waals surface area contributed by atoms with E-state index in [1.54, 1.807) is 18.2 Å². The van der Waals surface area contributed by atoms with Crippen LogP contribution in [-0.2, 0) is 24.8 Å². The van der Waals surface area contributed by atoms with Crippen LogP contribution in [0.5, 0.6) is 0 Å². The SMILES string of the molecule is Cc1ccc(S(=O)(=O)N[C@@H]2COC[C@H]2CS(=O)(=O)N(C)C)cc1C. The molecule has 1 aromatic carbocycles. The summed E-state index contributed by atoms with van der Waals surface area (Å²) < 4.78 is 58.3. The van der Waals surface area contributed by atoms with Gasteiger partial charge in [0.05, 0.1) is 29.9 Å². The van der Waals surface area contributed by atoms with Gasteiger partial charge in [0.2, 0.25) is 20.0 Å². The summed E-state index contributed by atoms with van der Waals surface area (Å²) in [6.07, 6.45) is 0. The van der Waals surface area contributed by atoms with Crippen molar-refractivity contribution in [3.05, 3.63) is 29.3 Å². The van der Waals surface area contributed by atoms with Crippen molar-refractivity contribution in [2.45, 2.75) is 24.8 Å². The molecule has 0 aliphatic carbocycles. The van der Waals surface area contributed by atoms with Crippen molar-refractivity contribution in [3.63, 3.8) is 0 Å². The van der Waals surface area contributed by atoms with Gasteiger partial charge in [-0.2, -0.15) is 0 Å². The van der Waals surface area contributed by atoms with Crippen LogP contribution in [0, 0.1) is 19.8 Å². The van der Waals surface area contributed by atoms with Gasteiger partial charge in [0, 0.05) is 20.0 Å². The van der Waals surface area contributed by atoms with Gasteiger partial charge >= 0.3 is 0 Å². The summed E-state index contributed by atoms with van der Waals surface area (Å²) in [5.74, 6) is -0.571. The Kier molecular flexibility index (Phi) is 5.71. The second kappa shape index (κ2) is 7.09. The van der Waals surface area contributed by atoms with Gasteiger partial charge in [-0.25, -0.2) is 25.9 Å². The van der Waals surface area contributed by atoms with Crippen LogP contribution in [0.4, 0.5) is 0 Å². The molecule has 1 saturated heterocycles. The molecule has 1 N–H and O–H groups in total. The largest absolute Gasteiger partial charge is 0.379 e. The highest BCUT2D eigenvalue weighted by atomic mass is 32.2. The Balaban J connectivity index is 2.17. The van der Waals surface area contributed by atoms with Gasteiger partial charge in [0.1, 0.15) is 0 Å². The Hall–Kier alpha value is -1.00. The maximum absolute atomic E-state index is 12.6. The number of aryl methyl sites for hydroxylation is 2. The number of nitrogens with one attached hydrogen (secondary N) is 1. The number of benzene rings is 1. The minimum atomic E-state index is -3.73. The molecule has 1 aliphatic rings. The van der Waals surface area contributed by atoms with Crippen molar-refractivity contribution < 1.29 is 21.6 Å². The highest BCUT2D eigenvalue weighted by Crippen LogP contribution is 2.21. The summed E-state index contributed by atoms with van der Waals surface area (Å²) in [6.45, 7) is 4.14. The van der Waals surface area contributed by atoms with E-state index in [0.29, 0.717) is 0 Å². The minimum Gasteiger partial charge on any atom is -0.379 e. The van der Waals surface area contributed by atoms with Crippen molar-refractivity contribution in [1.82, 2.24) is 9.03 Å². The Morgan fingerprint density at radius 3 is 2.38 bits per heavy atom. The van der Waals surface area contributed by atoms with Crippen LogP contribution >= 0.6 is 0 Å². The Morgan fingerprint density at radius 1 is 1.12 bits per heavy atom. The van der Waals surface area contributed by atoms with E-state index < -0.39 is 32.0 Å². The smallest absolute Gasteiger partial charge is 0.240 e. The predicted octanol–water partition coefficient (Wildman–Crippen LogP) is 0.488. The van der Waals surface area contributed by atoms with E-state index in [-0.39, 0.29) is 23.9 Å². The van der Waals surface area contributed by atoms with E-state index in [2.05, 4.69) is 4.72 Å². The summed E-state index contributed by atoms with van der Waals surface area (Å²) in [6, 6.07) is 4.35. The molecule has 9 heteroatoms. The Morgan fingerprint density at radius 2 is 1.79 bits per heavy atom. The van der Waals surface area contributed by atoms with Gasteiger partial charge < -0.3 is 4.74 Å². The molecule has 2 atom stereocenters. The molecule has 0 spiro atoms. The number of hydrogen-bond donors (Lipinski definition) is 1. The fourth-order valence-corrected chi connectivity index (χ4v) is 5.00. The van der Waals surface area contributed by atoms with Gasteiger partial charge in [-0.1, -0.05) is 6.07 Å². The molecule has 1 heterocycles. The normalized spacial score (nSPS) is 22.2. The first-order chi connectivity index (χ1) is 11.0. The van der Waals surface area contributed by atoms with Crippen LogP contribution in [0.25, 0.3) is 0 Å². The first-order valence-corrected chi connectivity index (χ1v) is 10.7. The average Bonchev–Trinajstić information content (AvgIpc) is 2.87. The molecular formula is C15H24N2O5S2. The summed E-state index contributed by atoms with van der Waals surface area (Å²) >= 11 is 0. The number of ether oxygens (including phenoxy) is 1. The second-order valence-electron chi connectivity index (χ2n) is 6.33. The molecule has 1 aromatic rings. The Labute approximate surface area is 144 Å². The van der Waals surface area contributed by atoms with E-state index in [4.69, 9.17) is 4.74 Å². The van der Waals surface area contributed by atoms with Crippen LogP contribution in [-0.4, -0.2) is 60.2 Å². The summed E-state index contributed by atoms with van der Waals surface area (Å²) in [5, 5.41) is 0. The zero-order chi connectivity index (χ0) is 18.1. The molecular weight excluding hydrogens is 352 g/mol. The topological polar surface area (TPSA) is 92.8 Å². The standard InChI is InChI=1S/C15H24N2O5S2/c1-11-5-6-14(7-12(11)2)24(20,21)16-15-9-22-8-13(15)10-23(18,19)17(3)4/h5-7,13,15-16H,8-10H2,1-4H3/t13-,15+/m0/s1. The molecule has 0 saturated carbocycles. The molecule has 0 bridgehead atoms. The highest BCUT2D eigenvalue weighted by Gasteiger charge is 2.36. The lowest BCUT2D eigenvalue weighted by atomic mass is 10.1. The third-order valence-electron chi connectivity index (χ3n) is 4.27. The quantitative estimate of drug-likeness (QED) is 0.780. The molecule has 7 nitrogen and oxygen atoms in total. The van der Waals surface area contributed by atoms with Crippen LogP contribution in [0.15, 0.2) is 23.1 Å². The van der Waals surface area contributed by atoms with Crippen molar-refractivity contribution in [2.24, 2.45) is 5.92 Å². The molecule has 1 aliphatic heterocycles. The Bertz CT molecular complexity index is 803. The fourth-order valence-electron chi connectivity index (χ4n) is 2.46. The van der Waals surface area contributed by atoms with Crippen molar-refractivity contribution in [2.75, 3.05) is 33.1 Å². The average molecular weight is 377 g/mol. The number of hydrogen-bond acceptors (Lipinski definition) is 5.